The van der Waals surface area contributed by atoms with Crippen molar-refractivity contribution in [3.8, 4) is 0 Å². The molecule has 2 heteroatoms. The van der Waals surface area contributed by atoms with Crippen molar-refractivity contribution in [3.63, 3.8) is 0 Å². The second-order valence-corrected chi connectivity index (χ2v) is 12.4. The van der Waals surface area contributed by atoms with Crippen LogP contribution in [-0.2, 0) is 18.4 Å². The Labute approximate surface area is 213 Å². The van der Waals surface area contributed by atoms with E-state index in [9.17, 15) is 0 Å². The molecule has 2 aromatic rings. The maximum Gasteiger partial charge on any atom is 0.0264 e. The van der Waals surface area contributed by atoms with Gasteiger partial charge in [-0.25, -0.2) is 0 Å². The highest BCUT2D eigenvalue weighted by Crippen LogP contribution is 2.45. The van der Waals surface area contributed by atoms with E-state index in [-0.39, 0.29) is 5.41 Å². The first-order valence-corrected chi connectivity index (χ1v) is 13.8. The van der Waals surface area contributed by atoms with Gasteiger partial charge in [-0.3, -0.25) is 4.90 Å². The number of rotatable bonds is 4. The van der Waals surface area contributed by atoms with Crippen molar-refractivity contribution in [2.24, 2.45) is 11.8 Å². The predicted molar refractivity (Wildman–Crippen MR) is 150 cm³/mol. The molecular weight excluding hydrogens is 424 g/mol. The van der Waals surface area contributed by atoms with Gasteiger partial charge in [-0.2, -0.15) is 0 Å². The molecule has 186 valence electrons. The summed E-state index contributed by atoms with van der Waals surface area (Å²) >= 11 is 0. The summed E-state index contributed by atoms with van der Waals surface area (Å²) in [5.74, 6) is 1.91. The highest BCUT2D eigenvalue weighted by atomic mass is 15.1. The number of likely N-dealkylation sites (tertiary alicyclic amines) is 1. The zero-order valence-corrected chi connectivity index (χ0v) is 22.4. The van der Waals surface area contributed by atoms with Crippen molar-refractivity contribution in [1.29, 1.82) is 0 Å². The number of piperidine rings is 2. The Bertz CT molecular complexity index is 1100. The molecule has 2 aromatic carbocycles. The van der Waals surface area contributed by atoms with Gasteiger partial charge in [0, 0.05) is 18.3 Å². The lowest BCUT2D eigenvalue weighted by atomic mass is 9.77. The minimum absolute atomic E-state index is 0.195. The molecule has 0 radical (unpaired) electrons. The topological polar surface area (TPSA) is 15.3 Å². The second kappa shape index (κ2) is 9.62. The molecule has 0 bridgehead atoms. The van der Waals surface area contributed by atoms with Crippen LogP contribution in [0.2, 0.25) is 0 Å². The van der Waals surface area contributed by atoms with Gasteiger partial charge in [0.2, 0.25) is 0 Å². The van der Waals surface area contributed by atoms with Gasteiger partial charge in [-0.15, -0.1) is 0 Å². The molecule has 2 aliphatic heterocycles. The van der Waals surface area contributed by atoms with Gasteiger partial charge >= 0.3 is 0 Å². The van der Waals surface area contributed by atoms with Crippen molar-refractivity contribution >= 4 is 5.57 Å². The average molecular weight is 469 g/mol. The van der Waals surface area contributed by atoms with Gasteiger partial charge < -0.3 is 5.32 Å². The standard InChI is InChI=1S/C33H44N2/c1-22-11-13-30(24(3)34-22)31-20-28-19-26(12-14-29(28)23(31)2)25-15-17-35(18-16-25)21-27-9-7-8-10-32(27)33(4,5)6/h7-10,12,14,19,24-25,30-31,34H,1-2,11,13,15-18,20-21H2,3-6H3. The minimum Gasteiger partial charge on any atom is -0.386 e. The van der Waals surface area contributed by atoms with Gasteiger partial charge in [0.15, 0.2) is 0 Å². The summed E-state index contributed by atoms with van der Waals surface area (Å²) in [7, 11) is 0. The van der Waals surface area contributed by atoms with Crippen LogP contribution in [0, 0.1) is 11.8 Å². The molecule has 35 heavy (non-hydrogen) atoms. The first kappa shape index (κ1) is 24.4. The highest BCUT2D eigenvalue weighted by molar-refractivity contribution is 5.73. The Morgan fingerprint density at radius 1 is 1.00 bits per heavy atom. The number of hydrogen-bond acceptors (Lipinski definition) is 2. The maximum atomic E-state index is 4.56. The quantitative estimate of drug-likeness (QED) is 0.501. The third kappa shape index (κ3) is 5.00. The van der Waals surface area contributed by atoms with Gasteiger partial charge in [-0.05, 0) is 109 Å². The summed E-state index contributed by atoms with van der Waals surface area (Å²) in [6, 6.07) is 16.8. The Morgan fingerprint density at radius 3 is 2.46 bits per heavy atom. The molecule has 0 saturated carbocycles. The van der Waals surface area contributed by atoms with Crippen LogP contribution in [0.3, 0.4) is 0 Å². The Hall–Kier alpha value is -2.32. The van der Waals surface area contributed by atoms with Crippen molar-refractivity contribution in [2.75, 3.05) is 13.1 Å². The smallest absolute Gasteiger partial charge is 0.0264 e. The molecule has 3 aliphatic rings. The Morgan fingerprint density at radius 2 is 1.74 bits per heavy atom. The second-order valence-electron chi connectivity index (χ2n) is 12.4. The predicted octanol–water partition coefficient (Wildman–Crippen LogP) is 7.45. The number of benzene rings is 2. The number of hydrogen-bond donors (Lipinski definition) is 1. The van der Waals surface area contributed by atoms with E-state index in [2.05, 4.69) is 93.5 Å². The first-order valence-electron chi connectivity index (χ1n) is 13.8. The average Bonchev–Trinajstić information content (AvgIpc) is 3.15. The van der Waals surface area contributed by atoms with Crippen LogP contribution < -0.4 is 5.32 Å². The molecule has 0 spiro atoms. The molecule has 2 saturated heterocycles. The Balaban J connectivity index is 1.23. The SMILES string of the molecule is C=C1CCC(C2Cc3cc(C4CCN(Cc5ccccc5C(C)(C)C)CC4)ccc3C2=C)C(C)N1. The van der Waals surface area contributed by atoms with E-state index in [0.29, 0.717) is 23.8 Å². The van der Waals surface area contributed by atoms with E-state index < -0.39 is 0 Å². The fourth-order valence-electron chi connectivity index (χ4n) is 7.02. The normalized spacial score (nSPS) is 26.0. The number of nitrogens with zero attached hydrogens (tertiary/aromatic N) is 1. The van der Waals surface area contributed by atoms with Gasteiger partial charge in [0.25, 0.3) is 0 Å². The molecule has 0 aromatic heterocycles. The van der Waals surface area contributed by atoms with Crippen LogP contribution in [0.4, 0.5) is 0 Å². The Kier molecular flexibility index (Phi) is 6.70. The van der Waals surface area contributed by atoms with Crippen LogP contribution in [0.5, 0.6) is 0 Å². The van der Waals surface area contributed by atoms with Gasteiger partial charge in [0.1, 0.15) is 0 Å². The van der Waals surface area contributed by atoms with E-state index in [1.54, 1.807) is 5.56 Å². The summed E-state index contributed by atoms with van der Waals surface area (Å²) in [5.41, 5.74) is 10.3. The van der Waals surface area contributed by atoms with Crippen molar-refractivity contribution in [3.05, 3.63) is 89.1 Å². The van der Waals surface area contributed by atoms with E-state index >= 15 is 0 Å². The molecule has 3 unspecified atom stereocenters. The van der Waals surface area contributed by atoms with E-state index in [4.69, 9.17) is 0 Å². The molecular formula is C33H44N2. The summed E-state index contributed by atoms with van der Waals surface area (Å²) in [5, 5.41) is 3.61. The van der Waals surface area contributed by atoms with E-state index in [0.717, 1.165) is 19.4 Å². The van der Waals surface area contributed by atoms with E-state index in [1.165, 1.54) is 65.9 Å². The van der Waals surface area contributed by atoms with Crippen LogP contribution in [0.25, 0.3) is 5.57 Å². The molecule has 1 N–H and O–H groups in total. The third-order valence-electron chi connectivity index (χ3n) is 9.01. The van der Waals surface area contributed by atoms with Crippen LogP contribution in [0.15, 0.2) is 61.3 Å². The van der Waals surface area contributed by atoms with Crippen molar-refractivity contribution in [2.45, 2.75) is 83.7 Å². The number of fused-ring (bicyclic) bond motifs is 1. The lowest BCUT2D eigenvalue weighted by Crippen LogP contribution is -2.40. The number of allylic oxidation sites excluding steroid dienone is 2. The van der Waals surface area contributed by atoms with Crippen LogP contribution in [0.1, 0.15) is 87.1 Å². The highest BCUT2D eigenvalue weighted by Gasteiger charge is 2.37. The van der Waals surface area contributed by atoms with E-state index in [1.807, 2.05) is 0 Å². The lowest BCUT2D eigenvalue weighted by Gasteiger charge is -2.36. The zero-order chi connectivity index (χ0) is 24.7. The molecule has 3 atom stereocenters. The van der Waals surface area contributed by atoms with Crippen molar-refractivity contribution < 1.29 is 0 Å². The van der Waals surface area contributed by atoms with Gasteiger partial charge in [0.05, 0.1) is 0 Å². The molecule has 2 fully saturated rings. The monoisotopic (exact) mass is 468 g/mol. The lowest BCUT2D eigenvalue weighted by molar-refractivity contribution is 0.203. The summed E-state index contributed by atoms with van der Waals surface area (Å²) in [6.45, 7) is 21.5. The number of nitrogens with one attached hydrogen (secondary N) is 1. The first-order chi connectivity index (χ1) is 16.7. The summed E-state index contributed by atoms with van der Waals surface area (Å²) < 4.78 is 0. The fraction of sp³-hybridized carbons (Fsp3) is 0.515. The van der Waals surface area contributed by atoms with Crippen molar-refractivity contribution in [1.82, 2.24) is 10.2 Å². The minimum atomic E-state index is 0.195. The van der Waals surface area contributed by atoms with Gasteiger partial charge in [-0.1, -0.05) is 76.4 Å². The third-order valence-corrected chi connectivity index (χ3v) is 9.01. The maximum absolute atomic E-state index is 4.56. The zero-order valence-electron chi connectivity index (χ0n) is 22.4. The summed E-state index contributed by atoms with van der Waals surface area (Å²) in [6.07, 6.45) is 6.00. The molecule has 2 heterocycles. The largest absolute Gasteiger partial charge is 0.386 e. The molecule has 5 rings (SSSR count). The van der Waals surface area contributed by atoms with Crippen LogP contribution in [-0.4, -0.2) is 24.0 Å². The summed E-state index contributed by atoms with van der Waals surface area (Å²) in [4.78, 5) is 2.66. The molecule has 0 amide bonds. The van der Waals surface area contributed by atoms with Crippen LogP contribution >= 0.6 is 0 Å². The molecule has 1 aliphatic carbocycles. The fourth-order valence-corrected chi connectivity index (χ4v) is 7.02. The molecule has 2 nitrogen and oxygen atoms in total.